The first-order valence-corrected chi connectivity index (χ1v) is 5.01. The molecule has 0 unspecified atom stereocenters. The molecule has 0 fully saturated rings. The number of benzene rings is 1. The number of hydrogen-bond acceptors (Lipinski definition) is 1. The SMILES string of the molecule is C=CNc1cc(I)ccc1CC.[HH]. The van der Waals surface area contributed by atoms with Crippen molar-refractivity contribution in [3.8, 4) is 0 Å². The molecule has 0 atom stereocenters. The van der Waals surface area contributed by atoms with Crippen LogP contribution in [-0.4, -0.2) is 0 Å². The van der Waals surface area contributed by atoms with Gasteiger partial charge in [-0.2, -0.15) is 0 Å². The lowest BCUT2D eigenvalue weighted by Crippen LogP contribution is -1.93. The minimum absolute atomic E-state index is 0. The Labute approximate surface area is 88.5 Å². The Kier molecular flexibility index (Phi) is 3.59. The van der Waals surface area contributed by atoms with Crippen LogP contribution in [0.2, 0.25) is 0 Å². The molecule has 1 N–H and O–H groups in total. The number of halogens is 1. The number of hydrogen-bond donors (Lipinski definition) is 1. The summed E-state index contributed by atoms with van der Waals surface area (Å²) in [5, 5.41) is 3.13. The van der Waals surface area contributed by atoms with E-state index in [0.29, 0.717) is 0 Å². The zero-order valence-corrected chi connectivity index (χ0v) is 9.26. The maximum atomic E-state index is 3.65. The van der Waals surface area contributed by atoms with Crippen molar-refractivity contribution in [2.24, 2.45) is 0 Å². The summed E-state index contributed by atoms with van der Waals surface area (Å²) in [5.74, 6) is 0. The van der Waals surface area contributed by atoms with Gasteiger partial charge in [-0.05, 0) is 52.9 Å². The lowest BCUT2D eigenvalue weighted by atomic mass is 10.1. The highest BCUT2D eigenvalue weighted by molar-refractivity contribution is 14.1. The molecule has 0 aliphatic carbocycles. The fraction of sp³-hybridized carbons (Fsp3) is 0.200. The van der Waals surface area contributed by atoms with Crippen LogP contribution in [-0.2, 0) is 6.42 Å². The van der Waals surface area contributed by atoms with Crippen LogP contribution in [0.4, 0.5) is 5.69 Å². The van der Waals surface area contributed by atoms with Gasteiger partial charge >= 0.3 is 0 Å². The zero-order valence-electron chi connectivity index (χ0n) is 7.10. The fourth-order valence-corrected chi connectivity index (χ4v) is 1.59. The average molecular weight is 275 g/mol. The normalized spacial score (nSPS) is 9.50. The molecule has 2 heteroatoms. The summed E-state index contributed by atoms with van der Waals surface area (Å²) in [5.41, 5.74) is 2.50. The molecular weight excluding hydrogens is 261 g/mol. The molecule has 0 radical (unpaired) electrons. The van der Waals surface area contributed by atoms with Gasteiger partial charge in [-0.3, -0.25) is 0 Å². The third-order valence-electron chi connectivity index (χ3n) is 1.71. The lowest BCUT2D eigenvalue weighted by Gasteiger charge is -2.07. The number of aryl methyl sites for hydroxylation is 1. The van der Waals surface area contributed by atoms with Crippen molar-refractivity contribution >= 4 is 28.3 Å². The van der Waals surface area contributed by atoms with Crippen molar-refractivity contribution < 1.29 is 1.43 Å². The topological polar surface area (TPSA) is 12.0 Å². The van der Waals surface area contributed by atoms with Crippen molar-refractivity contribution in [2.45, 2.75) is 13.3 Å². The highest BCUT2D eigenvalue weighted by Crippen LogP contribution is 2.19. The van der Waals surface area contributed by atoms with Gasteiger partial charge in [0.05, 0.1) is 0 Å². The monoisotopic (exact) mass is 275 g/mol. The summed E-state index contributed by atoms with van der Waals surface area (Å²) in [4.78, 5) is 0. The smallest absolute Gasteiger partial charge is 0.0422 e. The van der Waals surface area contributed by atoms with Gasteiger partial charge in [-0.25, -0.2) is 0 Å². The van der Waals surface area contributed by atoms with Gasteiger partial charge in [0.25, 0.3) is 0 Å². The molecule has 0 aliphatic rings. The molecule has 0 heterocycles. The van der Waals surface area contributed by atoms with Crippen LogP contribution in [0.15, 0.2) is 31.0 Å². The van der Waals surface area contributed by atoms with Gasteiger partial charge in [0.15, 0.2) is 0 Å². The van der Waals surface area contributed by atoms with E-state index in [-0.39, 0.29) is 1.43 Å². The summed E-state index contributed by atoms with van der Waals surface area (Å²) in [6, 6.07) is 6.39. The maximum Gasteiger partial charge on any atom is 0.0422 e. The molecule has 1 aromatic rings. The van der Waals surface area contributed by atoms with E-state index >= 15 is 0 Å². The third kappa shape index (κ3) is 2.24. The van der Waals surface area contributed by atoms with Crippen LogP contribution in [0, 0.1) is 3.57 Å². The van der Waals surface area contributed by atoms with E-state index in [1.165, 1.54) is 14.8 Å². The van der Waals surface area contributed by atoms with Crippen molar-refractivity contribution in [3.05, 3.63) is 40.1 Å². The van der Waals surface area contributed by atoms with Crippen molar-refractivity contribution in [2.75, 3.05) is 5.32 Å². The van der Waals surface area contributed by atoms with Gasteiger partial charge in [0, 0.05) is 10.7 Å². The highest BCUT2D eigenvalue weighted by Gasteiger charge is 1.98. The van der Waals surface area contributed by atoms with Gasteiger partial charge in [0.1, 0.15) is 0 Å². The molecule has 0 bridgehead atoms. The molecule has 66 valence electrons. The number of nitrogens with one attached hydrogen (secondary N) is 1. The quantitative estimate of drug-likeness (QED) is 0.830. The Balaban J connectivity index is 0.00000144. The van der Waals surface area contributed by atoms with E-state index in [4.69, 9.17) is 0 Å². The molecule has 0 aliphatic heterocycles. The first kappa shape index (κ1) is 9.58. The highest BCUT2D eigenvalue weighted by atomic mass is 127. The second kappa shape index (κ2) is 4.50. The van der Waals surface area contributed by atoms with Crippen molar-refractivity contribution in [1.82, 2.24) is 0 Å². The zero-order chi connectivity index (χ0) is 8.97. The molecule has 1 nitrogen and oxygen atoms in total. The van der Waals surface area contributed by atoms with Crippen molar-refractivity contribution in [1.29, 1.82) is 0 Å². The summed E-state index contributed by atoms with van der Waals surface area (Å²) >= 11 is 2.30. The van der Waals surface area contributed by atoms with E-state index in [0.717, 1.165) is 6.42 Å². The standard InChI is InChI=1S/C10H12IN.H2/c1-3-8-5-6-9(11)7-10(8)12-4-2;/h4-7,12H,2-3H2,1H3;1H. The van der Waals surface area contributed by atoms with E-state index in [1.54, 1.807) is 6.20 Å². The predicted molar refractivity (Wildman–Crippen MR) is 64.5 cm³/mol. The summed E-state index contributed by atoms with van der Waals surface area (Å²) in [6.45, 7) is 5.80. The molecule has 1 aromatic carbocycles. The summed E-state index contributed by atoms with van der Waals surface area (Å²) < 4.78 is 1.24. The fourth-order valence-electron chi connectivity index (χ4n) is 1.10. The Hall–Kier alpha value is -0.510. The molecule has 0 saturated heterocycles. The molecular formula is C10H14IN. The summed E-state index contributed by atoms with van der Waals surface area (Å²) in [7, 11) is 0. The Morgan fingerprint density at radius 1 is 1.67 bits per heavy atom. The van der Waals surface area contributed by atoms with Gasteiger partial charge in [-0.15, -0.1) is 0 Å². The van der Waals surface area contributed by atoms with Crippen LogP contribution < -0.4 is 5.32 Å². The van der Waals surface area contributed by atoms with E-state index in [1.807, 2.05) is 0 Å². The maximum absolute atomic E-state index is 3.65. The molecule has 12 heavy (non-hydrogen) atoms. The molecule has 0 spiro atoms. The molecule has 0 saturated carbocycles. The molecule has 1 rings (SSSR count). The number of rotatable bonds is 3. The predicted octanol–water partition coefficient (Wildman–Crippen LogP) is 3.66. The van der Waals surface area contributed by atoms with Crippen LogP contribution in [0.1, 0.15) is 13.9 Å². The Morgan fingerprint density at radius 2 is 2.42 bits per heavy atom. The second-order valence-corrected chi connectivity index (χ2v) is 3.75. The van der Waals surface area contributed by atoms with E-state index in [9.17, 15) is 0 Å². The van der Waals surface area contributed by atoms with Crippen molar-refractivity contribution in [3.63, 3.8) is 0 Å². The largest absolute Gasteiger partial charge is 0.362 e. The number of anilines is 1. The van der Waals surface area contributed by atoms with E-state index < -0.39 is 0 Å². The van der Waals surface area contributed by atoms with E-state index in [2.05, 4.69) is 59.6 Å². The second-order valence-electron chi connectivity index (χ2n) is 2.50. The first-order chi connectivity index (χ1) is 5.77. The molecule has 0 aromatic heterocycles. The summed E-state index contributed by atoms with van der Waals surface area (Å²) in [6.07, 6.45) is 2.76. The van der Waals surface area contributed by atoms with Crippen LogP contribution in [0.3, 0.4) is 0 Å². The minimum atomic E-state index is 0. The van der Waals surface area contributed by atoms with Crippen LogP contribution in [0.5, 0.6) is 0 Å². The minimum Gasteiger partial charge on any atom is -0.362 e. The Bertz CT molecular complexity index is 286. The van der Waals surface area contributed by atoms with Gasteiger partial charge in [0.2, 0.25) is 0 Å². The van der Waals surface area contributed by atoms with Gasteiger partial charge in [-0.1, -0.05) is 19.6 Å². The lowest BCUT2D eigenvalue weighted by molar-refractivity contribution is 1.14. The average Bonchev–Trinajstić information content (AvgIpc) is 2.05. The first-order valence-electron chi connectivity index (χ1n) is 3.93. The third-order valence-corrected chi connectivity index (χ3v) is 2.38. The Morgan fingerprint density at radius 3 is 3.00 bits per heavy atom. The van der Waals surface area contributed by atoms with Gasteiger partial charge < -0.3 is 5.32 Å². The van der Waals surface area contributed by atoms with Crippen LogP contribution in [0.25, 0.3) is 0 Å². The molecule has 0 amide bonds. The van der Waals surface area contributed by atoms with Crippen LogP contribution >= 0.6 is 22.6 Å².